The van der Waals surface area contributed by atoms with Gasteiger partial charge in [0.2, 0.25) is 0 Å². The molecule has 0 aliphatic rings. The summed E-state index contributed by atoms with van der Waals surface area (Å²) in [5.41, 5.74) is 4.35. The van der Waals surface area contributed by atoms with E-state index in [-0.39, 0.29) is 0 Å². The van der Waals surface area contributed by atoms with Crippen molar-refractivity contribution < 1.29 is 13.6 Å². The van der Waals surface area contributed by atoms with Crippen molar-refractivity contribution in [3.8, 4) is 0 Å². The number of hydrogen-bond acceptors (Lipinski definition) is 5. The third-order valence-corrected chi connectivity index (χ3v) is 1.03. The Morgan fingerprint density at radius 3 is 2.08 bits per heavy atom. The fraction of sp³-hybridized carbons (Fsp3) is 0. The smallest absolute Gasteiger partial charge is 0.323 e. The van der Waals surface area contributed by atoms with Crippen molar-refractivity contribution in [2.24, 2.45) is 5.73 Å². The molecule has 72 valence electrons. The van der Waals surface area contributed by atoms with Crippen molar-refractivity contribution in [2.75, 3.05) is 0 Å². The Hall–Kier alpha value is -1.54. The fourth-order valence-electron chi connectivity index (χ4n) is 0.335. The maximum absolute atomic E-state index is 9.53. The fourth-order valence-corrected chi connectivity index (χ4v) is 0.500. The average Bonchev–Trinajstić information content (AvgIpc) is 2.06. The van der Waals surface area contributed by atoms with Gasteiger partial charge in [-0.15, -0.1) is 0 Å². The van der Waals surface area contributed by atoms with Gasteiger partial charge in [0, 0.05) is 23.7 Å². The van der Waals surface area contributed by atoms with Gasteiger partial charge >= 0.3 is 6.03 Å². The molecule has 0 fully saturated rings. The van der Waals surface area contributed by atoms with E-state index in [2.05, 4.69) is 15.7 Å². The Morgan fingerprint density at radius 1 is 1.46 bits per heavy atom. The molecule has 0 saturated heterocycles. The normalized spacial score (nSPS) is 10.5. The van der Waals surface area contributed by atoms with Gasteiger partial charge in [-0.1, -0.05) is 0 Å². The largest absolute Gasteiger partial charge is 0.755 e. The summed E-state index contributed by atoms with van der Waals surface area (Å²) in [6, 6.07) is 0.702. The lowest BCUT2D eigenvalue weighted by atomic mass is 10.7. The molecule has 1 aromatic rings. The second kappa shape index (κ2) is 7.13. The van der Waals surface area contributed by atoms with Crippen LogP contribution in [0.25, 0.3) is 0 Å². The first-order valence-electron chi connectivity index (χ1n) is 2.98. The van der Waals surface area contributed by atoms with E-state index in [0.717, 1.165) is 0 Å². The van der Waals surface area contributed by atoms with Gasteiger partial charge in [0.15, 0.2) is 0 Å². The van der Waals surface area contributed by atoms with Crippen molar-refractivity contribution in [3.05, 3.63) is 24.8 Å². The molecule has 1 rings (SSSR count). The van der Waals surface area contributed by atoms with Gasteiger partial charge in [-0.2, -0.15) is 0 Å². The number of amides is 2. The van der Waals surface area contributed by atoms with E-state index >= 15 is 0 Å². The Kier molecular flexibility index (Phi) is 6.28. The van der Waals surface area contributed by atoms with Crippen molar-refractivity contribution in [2.45, 2.75) is 0 Å². The van der Waals surface area contributed by atoms with Gasteiger partial charge in [0.1, 0.15) is 6.33 Å². The Bertz CT molecular complexity index is 229. The molecule has 0 aliphatic carbocycles. The Labute approximate surface area is 76.8 Å². The third-order valence-electron chi connectivity index (χ3n) is 0.662. The van der Waals surface area contributed by atoms with Crippen LogP contribution in [-0.2, 0) is 11.3 Å². The van der Waals surface area contributed by atoms with E-state index in [1.807, 2.05) is 0 Å². The minimum atomic E-state index is -2.57. The molecule has 0 aliphatic heterocycles. The molecule has 7 nitrogen and oxygen atoms in total. The van der Waals surface area contributed by atoms with Gasteiger partial charge < -0.3 is 10.3 Å². The second-order valence-corrected chi connectivity index (χ2v) is 2.28. The van der Waals surface area contributed by atoms with Gasteiger partial charge in [-0.25, -0.2) is 14.8 Å². The molecule has 1 atom stereocenters. The molecule has 0 aromatic carbocycles. The summed E-state index contributed by atoms with van der Waals surface area (Å²) in [7, 11) is 0. The van der Waals surface area contributed by atoms with E-state index in [1.165, 1.54) is 11.0 Å². The van der Waals surface area contributed by atoms with E-state index in [1.54, 1.807) is 18.5 Å². The number of hydrogen-bond donors (Lipinski definition) is 2. The van der Waals surface area contributed by atoms with Crippen molar-refractivity contribution in [1.29, 1.82) is 0 Å². The number of nitrogens with zero attached hydrogens (tertiary/aromatic N) is 2. The Balaban J connectivity index is 0.000000223. The summed E-state index contributed by atoms with van der Waals surface area (Å²) in [6.07, 6.45) is 4.88. The van der Waals surface area contributed by atoms with Gasteiger partial charge in [0.25, 0.3) is 0 Å². The summed E-state index contributed by atoms with van der Waals surface area (Å²) < 4.78 is 20.2. The van der Waals surface area contributed by atoms with Crippen molar-refractivity contribution >= 4 is 17.3 Å². The SMILES string of the molecule is NC(=O)NS(=O)[O-].c1cncnc1. The molecule has 13 heavy (non-hydrogen) atoms. The highest BCUT2D eigenvalue weighted by Gasteiger charge is 1.83. The van der Waals surface area contributed by atoms with Crippen LogP contribution in [0.2, 0.25) is 0 Å². The van der Waals surface area contributed by atoms with Gasteiger partial charge in [-0.3, -0.25) is 8.93 Å². The van der Waals surface area contributed by atoms with Crippen LogP contribution in [0.15, 0.2) is 24.8 Å². The highest BCUT2D eigenvalue weighted by molar-refractivity contribution is 7.77. The molecule has 0 radical (unpaired) electrons. The van der Waals surface area contributed by atoms with Crippen molar-refractivity contribution in [3.63, 3.8) is 0 Å². The first kappa shape index (κ1) is 11.5. The first-order valence-corrected chi connectivity index (χ1v) is 4.05. The molecule has 0 saturated carbocycles. The molecule has 8 heteroatoms. The number of carbonyl (C=O) groups excluding carboxylic acids is 1. The van der Waals surface area contributed by atoms with Gasteiger partial charge in [-0.05, 0) is 6.07 Å². The van der Waals surface area contributed by atoms with E-state index in [9.17, 15) is 13.6 Å². The number of carbonyl (C=O) groups is 1. The van der Waals surface area contributed by atoms with Crippen LogP contribution in [0.5, 0.6) is 0 Å². The standard InChI is InChI=1S/C4H4N2.CH4N2O3S/c1-2-5-4-6-3-1;2-1(4)3-7(5)6/h1-4H;(H,5,6)(H3,2,3,4)/p-1. The zero-order chi connectivity index (χ0) is 10.1. The predicted molar refractivity (Wildman–Crippen MR) is 43.7 cm³/mol. The molecule has 1 heterocycles. The maximum Gasteiger partial charge on any atom is 0.323 e. The highest BCUT2D eigenvalue weighted by Crippen LogP contribution is 1.66. The Morgan fingerprint density at radius 2 is 2.00 bits per heavy atom. The monoisotopic (exact) mass is 203 g/mol. The van der Waals surface area contributed by atoms with E-state index < -0.39 is 17.3 Å². The molecular weight excluding hydrogens is 196 g/mol. The molecule has 1 aromatic heterocycles. The van der Waals surface area contributed by atoms with Crippen molar-refractivity contribution in [1.82, 2.24) is 14.7 Å². The highest BCUT2D eigenvalue weighted by atomic mass is 32.2. The van der Waals surface area contributed by atoms with E-state index in [4.69, 9.17) is 0 Å². The number of primary amides is 1. The maximum atomic E-state index is 9.53. The lowest BCUT2D eigenvalue weighted by molar-refractivity contribution is 0.253. The number of rotatable bonds is 1. The zero-order valence-corrected chi connectivity index (χ0v) is 7.23. The summed E-state index contributed by atoms with van der Waals surface area (Å²) in [5.74, 6) is 0. The summed E-state index contributed by atoms with van der Waals surface area (Å²) in [5, 5.41) is 0. The first-order chi connectivity index (χ1) is 6.13. The molecule has 0 spiro atoms. The number of nitrogens with two attached hydrogens (primary N) is 1. The molecule has 1 unspecified atom stereocenters. The molecule has 3 N–H and O–H groups in total. The summed E-state index contributed by atoms with van der Waals surface area (Å²) in [6.45, 7) is 0. The lowest BCUT2D eigenvalue weighted by Crippen LogP contribution is -2.30. The topological polar surface area (TPSA) is 121 Å². The van der Waals surface area contributed by atoms with Crippen LogP contribution in [0.4, 0.5) is 4.79 Å². The second-order valence-electron chi connectivity index (χ2n) is 1.61. The molecular formula is C5H7N4O3S-. The molecule has 0 bridgehead atoms. The summed E-state index contributed by atoms with van der Waals surface area (Å²) >= 11 is -2.57. The van der Waals surface area contributed by atoms with Crippen LogP contribution >= 0.6 is 0 Å². The minimum Gasteiger partial charge on any atom is -0.755 e. The third kappa shape index (κ3) is 10.5. The lowest BCUT2D eigenvalue weighted by Gasteiger charge is -2.00. The quantitative estimate of drug-likeness (QED) is 0.562. The van der Waals surface area contributed by atoms with Crippen LogP contribution in [-0.4, -0.2) is 24.8 Å². The van der Waals surface area contributed by atoms with Crippen LogP contribution in [0.1, 0.15) is 0 Å². The number of nitrogens with one attached hydrogen (secondary N) is 1. The average molecular weight is 203 g/mol. The summed E-state index contributed by atoms with van der Waals surface area (Å²) in [4.78, 5) is 16.9. The minimum absolute atomic E-state index is 1.08. The number of aromatic nitrogens is 2. The van der Waals surface area contributed by atoms with Crippen LogP contribution in [0, 0.1) is 0 Å². The number of urea groups is 1. The van der Waals surface area contributed by atoms with Crippen LogP contribution < -0.4 is 10.5 Å². The predicted octanol–water partition coefficient (Wildman–Crippen LogP) is -1.07. The molecule has 2 amide bonds. The van der Waals surface area contributed by atoms with Crippen LogP contribution in [0.3, 0.4) is 0 Å². The van der Waals surface area contributed by atoms with Gasteiger partial charge in [0.05, 0.1) is 0 Å². The van der Waals surface area contributed by atoms with E-state index in [0.29, 0.717) is 0 Å². The zero-order valence-electron chi connectivity index (χ0n) is 6.41.